The summed E-state index contributed by atoms with van der Waals surface area (Å²) in [5, 5.41) is 11.5. The quantitative estimate of drug-likeness (QED) is 0.856. The first-order valence-electron chi connectivity index (χ1n) is 5.77. The van der Waals surface area contributed by atoms with Crippen LogP contribution in [-0.4, -0.2) is 28.5 Å². The number of pyridine rings is 1. The molecule has 0 aromatic carbocycles. The molecule has 1 aromatic heterocycles. The molecule has 0 fully saturated rings. The molecule has 5 heteroatoms. The lowest BCUT2D eigenvalue weighted by Gasteiger charge is -2.18. The van der Waals surface area contributed by atoms with Crippen molar-refractivity contribution >= 4 is 11.9 Å². The van der Waals surface area contributed by atoms with Gasteiger partial charge in [0.25, 0.3) is 5.91 Å². The van der Waals surface area contributed by atoms with Gasteiger partial charge < -0.3 is 10.4 Å². The Morgan fingerprint density at radius 1 is 1.39 bits per heavy atom. The fourth-order valence-electron chi connectivity index (χ4n) is 1.34. The Bertz CT molecular complexity index is 450. The van der Waals surface area contributed by atoms with E-state index in [1.165, 1.54) is 18.3 Å². The lowest BCUT2D eigenvalue weighted by Crippen LogP contribution is -2.27. The number of amides is 1. The van der Waals surface area contributed by atoms with E-state index in [9.17, 15) is 9.59 Å². The lowest BCUT2D eigenvalue weighted by atomic mass is 9.92. The number of nitrogens with zero attached hydrogens (tertiary/aromatic N) is 1. The Labute approximate surface area is 106 Å². The van der Waals surface area contributed by atoms with Gasteiger partial charge >= 0.3 is 5.97 Å². The molecule has 1 amide bonds. The van der Waals surface area contributed by atoms with Gasteiger partial charge in [-0.25, -0.2) is 9.78 Å². The molecule has 0 spiro atoms. The Hall–Kier alpha value is -1.91. The van der Waals surface area contributed by atoms with Gasteiger partial charge in [-0.15, -0.1) is 0 Å². The van der Waals surface area contributed by atoms with Crippen LogP contribution in [0.1, 0.15) is 48.0 Å². The maximum Gasteiger partial charge on any atom is 0.354 e. The first-order valence-corrected chi connectivity index (χ1v) is 5.77. The van der Waals surface area contributed by atoms with Crippen LogP contribution in [0.25, 0.3) is 0 Å². The number of carboxylic acid groups (broad SMARTS) is 1. The Kier molecular flexibility index (Phi) is 4.42. The van der Waals surface area contributed by atoms with Crippen LogP contribution in [0.2, 0.25) is 0 Å². The predicted molar refractivity (Wildman–Crippen MR) is 67.6 cm³/mol. The van der Waals surface area contributed by atoms with E-state index in [-0.39, 0.29) is 17.0 Å². The summed E-state index contributed by atoms with van der Waals surface area (Å²) in [7, 11) is 0. The molecule has 2 N–H and O–H groups in total. The van der Waals surface area contributed by atoms with Gasteiger partial charge in [-0.05, 0) is 24.0 Å². The summed E-state index contributed by atoms with van der Waals surface area (Å²) in [6.45, 7) is 6.84. The monoisotopic (exact) mass is 250 g/mol. The standard InChI is InChI=1S/C13H18N2O3/c1-13(2,3)5-7-15-11(16)9-4-6-14-10(8-9)12(17)18/h4,6,8H,5,7H2,1-3H3,(H,15,16)(H,17,18). The molecule has 0 atom stereocenters. The zero-order valence-corrected chi connectivity index (χ0v) is 10.9. The molecule has 0 aliphatic rings. The molecule has 0 unspecified atom stereocenters. The van der Waals surface area contributed by atoms with Gasteiger partial charge in [0.2, 0.25) is 0 Å². The fourth-order valence-corrected chi connectivity index (χ4v) is 1.34. The van der Waals surface area contributed by atoms with Gasteiger partial charge in [0.05, 0.1) is 0 Å². The van der Waals surface area contributed by atoms with Gasteiger partial charge in [-0.2, -0.15) is 0 Å². The van der Waals surface area contributed by atoms with Crippen molar-refractivity contribution in [1.29, 1.82) is 0 Å². The van der Waals surface area contributed by atoms with Crippen molar-refractivity contribution in [1.82, 2.24) is 10.3 Å². The summed E-state index contributed by atoms with van der Waals surface area (Å²) in [5.41, 5.74) is 0.340. The normalized spacial score (nSPS) is 11.1. The Morgan fingerprint density at radius 2 is 2.06 bits per heavy atom. The van der Waals surface area contributed by atoms with Crippen molar-refractivity contribution < 1.29 is 14.7 Å². The highest BCUT2D eigenvalue weighted by atomic mass is 16.4. The number of hydrogen-bond acceptors (Lipinski definition) is 3. The van der Waals surface area contributed by atoms with Gasteiger partial charge in [-0.1, -0.05) is 20.8 Å². The first kappa shape index (κ1) is 14.2. The van der Waals surface area contributed by atoms with Crippen LogP contribution in [-0.2, 0) is 0 Å². The van der Waals surface area contributed by atoms with E-state index >= 15 is 0 Å². The molecule has 18 heavy (non-hydrogen) atoms. The number of aromatic carboxylic acids is 1. The van der Waals surface area contributed by atoms with E-state index in [4.69, 9.17) is 5.11 Å². The zero-order valence-electron chi connectivity index (χ0n) is 10.9. The van der Waals surface area contributed by atoms with E-state index in [1.807, 2.05) is 0 Å². The molecule has 0 aliphatic heterocycles. The van der Waals surface area contributed by atoms with Crippen LogP contribution in [0.5, 0.6) is 0 Å². The minimum absolute atomic E-state index is 0.126. The van der Waals surface area contributed by atoms with Gasteiger partial charge in [0.1, 0.15) is 5.69 Å². The molecule has 0 saturated heterocycles. The molecule has 1 heterocycles. The van der Waals surface area contributed by atoms with Crippen molar-refractivity contribution in [2.75, 3.05) is 6.54 Å². The molecular formula is C13H18N2O3. The van der Waals surface area contributed by atoms with Crippen LogP contribution in [0.3, 0.4) is 0 Å². The minimum atomic E-state index is -1.14. The highest BCUT2D eigenvalue weighted by Crippen LogP contribution is 2.17. The molecular weight excluding hydrogens is 232 g/mol. The van der Waals surface area contributed by atoms with Crippen LogP contribution >= 0.6 is 0 Å². The summed E-state index contributed by atoms with van der Waals surface area (Å²) < 4.78 is 0. The Morgan fingerprint density at radius 3 is 2.61 bits per heavy atom. The van der Waals surface area contributed by atoms with Crippen molar-refractivity contribution in [2.24, 2.45) is 5.41 Å². The maximum absolute atomic E-state index is 11.8. The third-order valence-electron chi connectivity index (χ3n) is 2.40. The van der Waals surface area contributed by atoms with Crippen molar-refractivity contribution in [3.8, 4) is 0 Å². The number of hydrogen-bond donors (Lipinski definition) is 2. The van der Waals surface area contributed by atoms with Crippen molar-refractivity contribution in [3.63, 3.8) is 0 Å². The predicted octanol–water partition coefficient (Wildman–Crippen LogP) is 1.95. The summed E-state index contributed by atoms with van der Waals surface area (Å²) in [4.78, 5) is 26.2. The van der Waals surface area contributed by atoms with Crippen LogP contribution in [0.4, 0.5) is 0 Å². The number of nitrogens with one attached hydrogen (secondary N) is 1. The summed E-state index contributed by atoms with van der Waals surface area (Å²) >= 11 is 0. The number of carbonyl (C=O) groups is 2. The van der Waals surface area contributed by atoms with Crippen molar-refractivity contribution in [3.05, 3.63) is 29.6 Å². The fraction of sp³-hybridized carbons (Fsp3) is 0.462. The second kappa shape index (κ2) is 5.62. The number of rotatable bonds is 4. The average molecular weight is 250 g/mol. The molecule has 0 radical (unpaired) electrons. The molecule has 1 rings (SSSR count). The summed E-state index contributed by atoms with van der Waals surface area (Å²) in [6.07, 6.45) is 2.18. The lowest BCUT2D eigenvalue weighted by molar-refractivity contribution is 0.0690. The summed E-state index contributed by atoms with van der Waals surface area (Å²) in [6, 6.07) is 2.77. The van der Waals surface area contributed by atoms with E-state index in [0.29, 0.717) is 12.1 Å². The van der Waals surface area contributed by atoms with Gasteiger partial charge in [0, 0.05) is 18.3 Å². The summed E-state index contributed by atoms with van der Waals surface area (Å²) in [5.74, 6) is -1.41. The minimum Gasteiger partial charge on any atom is -0.477 e. The molecule has 98 valence electrons. The number of carboxylic acids is 1. The Balaban J connectivity index is 2.62. The highest BCUT2D eigenvalue weighted by Gasteiger charge is 2.13. The van der Waals surface area contributed by atoms with Crippen molar-refractivity contribution in [2.45, 2.75) is 27.2 Å². The van der Waals surface area contributed by atoms with Crippen LogP contribution in [0.15, 0.2) is 18.3 Å². The molecule has 0 saturated carbocycles. The smallest absolute Gasteiger partial charge is 0.354 e. The zero-order chi connectivity index (χ0) is 13.8. The maximum atomic E-state index is 11.8. The van der Waals surface area contributed by atoms with E-state index in [0.717, 1.165) is 6.42 Å². The number of carbonyl (C=O) groups excluding carboxylic acids is 1. The van der Waals surface area contributed by atoms with Gasteiger partial charge in [0.15, 0.2) is 0 Å². The first-order chi connectivity index (χ1) is 8.29. The van der Waals surface area contributed by atoms with Crippen LogP contribution < -0.4 is 5.32 Å². The molecule has 1 aromatic rings. The third kappa shape index (κ3) is 4.53. The molecule has 0 aliphatic carbocycles. The average Bonchev–Trinajstić information content (AvgIpc) is 2.27. The molecule has 0 bridgehead atoms. The largest absolute Gasteiger partial charge is 0.477 e. The third-order valence-corrected chi connectivity index (χ3v) is 2.40. The highest BCUT2D eigenvalue weighted by molar-refractivity contribution is 5.96. The van der Waals surface area contributed by atoms with Gasteiger partial charge in [-0.3, -0.25) is 4.79 Å². The van der Waals surface area contributed by atoms with E-state index in [2.05, 4.69) is 31.1 Å². The van der Waals surface area contributed by atoms with E-state index < -0.39 is 5.97 Å². The topological polar surface area (TPSA) is 79.3 Å². The van der Waals surface area contributed by atoms with Crippen LogP contribution in [0, 0.1) is 5.41 Å². The van der Waals surface area contributed by atoms with E-state index in [1.54, 1.807) is 0 Å². The second-order valence-electron chi connectivity index (χ2n) is 5.30. The number of aromatic nitrogens is 1. The molecule has 5 nitrogen and oxygen atoms in total. The SMILES string of the molecule is CC(C)(C)CCNC(=O)c1ccnc(C(=O)O)c1. The second-order valence-corrected chi connectivity index (χ2v) is 5.30.